The normalized spacial score (nSPS) is 26.0. The fraction of sp³-hybridized carbons (Fsp3) is 0.667. The van der Waals surface area contributed by atoms with Gasteiger partial charge in [0.1, 0.15) is 0 Å². The monoisotopic (exact) mass is 548 g/mol. The molecular weight excluding hydrogens is 507 g/mol. The van der Waals surface area contributed by atoms with Gasteiger partial charge in [-0.3, -0.25) is 4.90 Å². The van der Waals surface area contributed by atoms with Crippen molar-refractivity contribution in [1.82, 2.24) is 9.80 Å². The number of halogens is 2. The summed E-state index contributed by atoms with van der Waals surface area (Å²) in [6.45, 7) is 6.81. The second-order valence-electron chi connectivity index (χ2n) is 11.5. The molecule has 36 heavy (non-hydrogen) atoms. The molecule has 0 radical (unpaired) electrons. The third-order valence-electron chi connectivity index (χ3n) is 9.14. The third-order valence-corrected chi connectivity index (χ3v) is 10.4. The van der Waals surface area contributed by atoms with Crippen LogP contribution in [0.3, 0.4) is 0 Å². The van der Waals surface area contributed by atoms with Gasteiger partial charge in [-0.15, -0.1) is 0 Å². The number of methoxy groups -OCH3 is 1. The van der Waals surface area contributed by atoms with E-state index in [4.69, 9.17) is 27.9 Å². The number of likely N-dealkylation sites (tertiary alicyclic amines) is 2. The summed E-state index contributed by atoms with van der Waals surface area (Å²) >= 11 is 14.5. The van der Waals surface area contributed by atoms with Gasteiger partial charge in [-0.25, -0.2) is 0 Å². The van der Waals surface area contributed by atoms with Gasteiger partial charge in [-0.1, -0.05) is 48.5 Å². The largest absolute Gasteiger partial charge is 0.381 e. The molecule has 3 aliphatic rings. The molecule has 0 amide bonds. The fourth-order valence-corrected chi connectivity index (χ4v) is 8.27. The molecular formula is C30H42Cl2N2OS. The Morgan fingerprint density at radius 2 is 1.81 bits per heavy atom. The van der Waals surface area contributed by atoms with Crippen LogP contribution in [-0.2, 0) is 11.3 Å². The zero-order valence-corrected chi connectivity index (χ0v) is 24.0. The summed E-state index contributed by atoms with van der Waals surface area (Å²) < 4.78 is 6.02. The number of nitrogens with zero attached hydrogens (tertiary/aromatic N) is 2. The molecule has 3 unspecified atom stereocenters. The van der Waals surface area contributed by atoms with Crippen molar-refractivity contribution in [3.8, 4) is 0 Å². The average molecular weight is 550 g/mol. The predicted octanol–water partition coefficient (Wildman–Crippen LogP) is 7.97. The van der Waals surface area contributed by atoms with E-state index in [2.05, 4.69) is 32.7 Å². The minimum Gasteiger partial charge on any atom is -0.381 e. The van der Waals surface area contributed by atoms with Crippen molar-refractivity contribution in [3.05, 3.63) is 56.2 Å². The minimum atomic E-state index is 0.480. The van der Waals surface area contributed by atoms with Crippen LogP contribution in [-0.4, -0.2) is 55.7 Å². The Hall–Kier alpha value is -0.620. The molecule has 1 aliphatic carbocycles. The van der Waals surface area contributed by atoms with E-state index in [1.165, 1.54) is 82.1 Å². The van der Waals surface area contributed by atoms with Crippen molar-refractivity contribution >= 4 is 34.5 Å². The molecule has 1 aromatic carbocycles. The first kappa shape index (κ1) is 27.0. The van der Waals surface area contributed by atoms with E-state index in [0.29, 0.717) is 23.0 Å². The van der Waals surface area contributed by atoms with E-state index in [9.17, 15) is 0 Å². The molecule has 2 saturated heterocycles. The quantitative estimate of drug-likeness (QED) is 0.316. The topological polar surface area (TPSA) is 15.7 Å². The molecule has 6 heteroatoms. The molecule has 1 saturated carbocycles. The number of piperidine rings is 1. The fourth-order valence-electron chi connectivity index (χ4n) is 7.08. The number of thiophene rings is 1. The van der Waals surface area contributed by atoms with E-state index >= 15 is 0 Å². The number of ether oxygens (including phenoxy) is 1. The second kappa shape index (κ2) is 13.0. The summed E-state index contributed by atoms with van der Waals surface area (Å²) in [5, 5.41) is 6.08. The first-order valence-electron chi connectivity index (χ1n) is 14.0. The highest BCUT2D eigenvalue weighted by molar-refractivity contribution is 7.08. The molecule has 2 aliphatic heterocycles. The maximum atomic E-state index is 6.52. The molecule has 2 aromatic rings. The zero-order chi connectivity index (χ0) is 24.9. The molecule has 198 valence electrons. The van der Waals surface area contributed by atoms with Crippen LogP contribution in [0.4, 0.5) is 0 Å². The summed E-state index contributed by atoms with van der Waals surface area (Å²) in [7, 11) is 1.95. The predicted molar refractivity (Wildman–Crippen MR) is 153 cm³/mol. The first-order chi connectivity index (χ1) is 17.6. The van der Waals surface area contributed by atoms with E-state index in [1.54, 1.807) is 0 Å². The van der Waals surface area contributed by atoms with E-state index in [1.807, 2.05) is 30.6 Å². The summed E-state index contributed by atoms with van der Waals surface area (Å²) in [4.78, 5) is 5.35. The van der Waals surface area contributed by atoms with E-state index < -0.39 is 0 Å². The van der Waals surface area contributed by atoms with Gasteiger partial charge in [0.15, 0.2) is 0 Å². The highest BCUT2D eigenvalue weighted by Gasteiger charge is 2.36. The van der Waals surface area contributed by atoms with Crippen LogP contribution in [0, 0.1) is 17.8 Å². The lowest BCUT2D eigenvalue weighted by atomic mass is 9.80. The highest BCUT2D eigenvalue weighted by atomic mass is 35.5. The van der Waals surface area contributed by atoms with Crippen LogP contribution < -0.4 is 0 Å². The Morgan fingerprint density at radius 1 is 1.00 bits per heavy atom. The van der Waals surface area contributed by atoms with Gasteiger partial charge in [0.25, 0.3) is 0 Å². The first-order valence-corrected chi connectivity index (χ1v) is 15.7. The number of hydrogen-bond acceptors (Lipinski definition) is 4. The van der Waals surface area contributed by atoms with Crippen LogP contribution in [0.25, 0.3) is 0 Å². The molecule has 1 aromatic heterocycles. The van der Waals surface area contributed by atoms with Crippen LogP contribution in [0.5, 0.6) is 0 Å². The SMILES string of the molecule is COC(CC1CCN(CC2CN(Cc3ccc(Cl)cc3Cl)CC2c2ccsc2)CC1)C1CCCCC1. The van der Waals surface area contributed by atoms with Crippen molar-refractivity contribution in [2.75, 3.05) is 39.8 Å². The summed E-state index contributed by atoms with van der Waals surface area (Å²) in [5.41, 5.74) is 2.69. The van der Waals surface area contributed by atoms with Crippen molar-refractivity contribution in [2.24, 2.45) is 17.8 Å². The number of rotatable bonds is 9. The van der Waals surface area contributed by atoms with E-state index in [0.717, 1.165) is 36.5 Å². The zero-order valence-electron chi connectivity index (χ0n) is 21.7. The Balaban J connectivity index is 1.16. The molecule has 3 nitrogen and oxygen atoms in total. The summed E-state index contributed by atoms with van der Waals surface area (Å²) in [6.07, 6.45) is 11.4. The molecule has 3 fully saturated rings. The lowest BCUT2D eigenvalue weighted by molar-refractivity contribution is 0.00954. The van der Waals surface area contributed by atoms with Gasteiger partial charge in [0, 0.05) is 49.3 Å². The van der Waals surface area contributed by atoms with Gasteiger partial charge in [-0.2, -0.15) is 11.3 Å². The number of benzene rings is 1. The summed E-state index contributed by atoms with van der Waals surface area (Å²) in [5.74, 6) is 2.89. The molecule has 3 atom stereocenters. The van der Waals surface area contributed by atoms with Gasteiger partial charge in [-0.05, 0) is 103 Å². The Bertz CT molecular complexity index is 940. The lowest BCUT2D eigenvalue weighted by Gasteiger charge is -2.37. The van der Waals surface area contributed by atoms with Crippen molar-refractivity contribution < 1.29 is 4.74 Å². The molecule has 5 rings (SSSR count). The average Bonchev–Trinajstić information content (AvgIpc) is 3.56. The van der Waals surface area contributed by atoms with Crippen LogP contribution in [0.1, 0.15) is 68.4 Å². The molecule has 3 heterocycles. The maximum Gasteiger partial charge on any atom is 0.0602 e. The maximum absolute atomic E-state index is 6.52. The molecule has 0 bridgehead atoms. The smallest absolute Gasteiger partial charge is 0.0602 e. The molecule has 0 spiro atoms. The van der Waals surface area contributed by atoms with Crippen molar-refractivity contribution in [3.63, 3.8) is 0 Å². The van der Waals surface area contributed by atoms with Gasteiger partial charge >= 0.3 is 0 Å². The van der Waals surface area contributed by atoms with Gasteiger partial charge in [0.2, 0.25) is 0 Å². The van der Waals surface area contributed by atoms with Crippen molar-refractivity contribution in [2.45, 2.75) is 69.9 Å². The van der Waals surface area contributed by atoms with Crippen molar-refractivity contribution in [1.29, 1.82) is 0 Å². The Labute approximate surface area is 232 Å². The standard InChI is InChI=1S/C30H42Cl2N2OS/c1-35-30(23-5-3-2-4-6-23)15-22-9-12-33(13-10-22)18-26-19-34(20-28(26)25-11-14-36-21-25)17-24-7-8-27(31)16-29(24)32/h7-8,11,14,16,21-23,26,28,30H,2-6,9-10,12-13,15,17-20H2,1H3. The van der Waals surface area contributed by atoms with Crippen LogP contribution in [0.15, 0.2) is 35.0 Å². The molecule has 0 N–H and O–H groups in total. The highest BCUT2D eigenvalue weighted by Crippen LogP contribution is 2.37. The Morgan fingerprint density at radius 3 is 2.50 bits per heavy atom. The van der Waals surface area contributed by atoms with E-state index in [-0.39, 0.29) is 0 Å². The summed E-state index contributed by atoms with van der Waals surface area (Å²) in [6, 6.07) is 8.25. The second-order valence-corrected chi connectivity index (χ2v) is 13.1. The number of hydrogen-bond donors (Lipinski definition) is 0. The van der Waals surface area contributed by atoms with Gasteiger partial charge < -0.3 is 9.64 Å². The Kier molecular flexibility index (Phi) is 9.70. The van der Waals surface area contributed by atoms with Gasteiger partial charge in [0.05, 0.1) is 6.10 Å². The van der Waals surface area contributed by atoms with Crippen LogP contribution in [0.2, 0.25) is 10.0 Å². The minimum absolute atomic E-state index is 0.480. The lowest BCUT2D eigenvalue weighted by Crippen LogP contribution is -2.40. The third kappa shape index (κ3) is 6.87. The van der Waals surface area contributed by atoms with Crippen LogP contribution >= 0.6 is 34.5 Å².